The zero-order valence-corrected chi connectivity index (χ0v) is 18.9. The number of hydrogen-bond acceptors (Lipinski definition) is 5. The van der Waals surface area contributed by atoms with Crippen molar-refractivity contribution in [1.82, 2.24) is 24.6 Å². The highest BCUT2D eigenvalue weighted by Crippen LogP contribution is 2.30. The average Bonchev–Trinajstić information content (AvgIpc) is 3.14. The molecular formula is C25H25FN6O. The summed E-state index contributed by atoms with van der Waals surface area (Å²) in [4.78, 5) is 26.2. The fraction of sp³-hybridized carbons (Fsp3) is 0.280. The summed E-state index contributed by atoms with van der Waals surface area (Å²) in [5, 5.41) is 5.70. The third-order valence-electron chi connectivity index (χ3n) is 5.98. The van der Waals surface area contributed by atoms with Gasteiger partial charge in [0, 0.05) is 31.7 Å². The molecule has 0 saturated carbocycles. The number of carbonyl (C=O) groups is 1. The summed E-state index contributed by atoms with van der Waals surface area (Å²) < 4.78 is 15.4. The lowest BCUT2D eigenvalue weighted by molar-refractivity contribution is 0.0746. The van der Waals surface area contributed by atoms with Gasteiger partial charge < -0.3 is 9.80 Å². The molecule has 0 spiro atoms. The van der Waals surface area contributed by atoms with Gasteiger partial charge in [0.25, 0.3) is 5.91 Å². The molecule has 5 rings (SSSR count). The molecule has 2 aromatic carbocycles. The normalized spacial score (nSPS) is 14.2. The molecule has 168 valence electrons. The Morgan fingerprint density at radius 1 is 0.939 bits per heavy atom. The molecule has 0 bridgehead atoms. The SMILES string of the molecule is Cc1cccc(-n2nc(C)c3c(N4CCN(C(=O)c5cccc(F)c5)CC4)nc(C)nc32)c1. The molecule has 8 heteroatoms. The summed E-state index contributed by atoms with van der Waals surface area (Å²) in [7, 11) is 0. The van der Waals surface area contributed by atoms with Gasteiger partial charge in [0.05, 0.1) is 16.8 Å². The molecule has 1 aliphatic heterocycles. The monoisotopic (exact) mass is 444 g/mol. The van der Waals surface area contributed by atoms with Crippen molar-refractivity contribution in [1.29, 1.82) is 0 Å². The molecule has 2 aromatic heterocycles. The van der Waals surface area contributed by atoms with Crippen LogP contribution in [0.15, 0.2) is 48.5 Å². The highest BCUT2D eigenvalue weighted by molar-refractivity contribution is 5.95. The molecular weight excluding hydrogens is 419 g/mol. The number of aromatic nitrogens is 4. The maximum absolute atomic E-state index is 13.5. The van der Waals surface area contributed by atoms with Gasteiger partial charge in [-0.2, -0.15) is 5.10 Å². The topological polar surface area (TPSA) is 67.2 Å². The fourth-order valence-electron chi connectivity index (χ4n) is 4.36. The summed E-state index contributed by atoms with van der Waals surface area (Å²) in [5.41, 5.74) is 4.12. The Morgan fingerprint density at radius 2 is 1.70 bits per heavy atom. The number of amides is 1. The first-order valence-corrected chi connectivity index (χ1v) is 11.0. The smallest absolute Gasteiger partial charge is 0.254 e. The Labute approximate surface area is 191 Å². The number of carbonyl (C=O) groups excluding carboxylic acids is 1. The predicted molar refractivity (Wildman–Crippen MR) is 125 cm³/mol. The van der Waals surface area contributed by atoms with E-state index >= 15 is 0 Å². The van der Waals surface area contributed by atoms with Crippen LogP contribution in [0.25, 0.3) is 16.7 Å². The Balaban J connectivity index is 1.45. The van der Waals surface area contributed by atoms with Crippen molar-refractivity contribution in [2.45, 2.75) is 20.8 Å². The minimum Gasteiger partial charge on any atom is -0.352 e. The van der Waals surface area contributed by atoms with Crippen LogP contribution in [0, 0.1) is 26.6 Å². The van der Waals surface area contributed by atoms with Gasteiger partial charge in [-0.3, -0.25) is 4.79 Å². The average molecular weight is 445 g/mol. The van der Waals surface area contributed by atoms with E-state index < -0.39 is 5.82 Å². The lowest BCUT2D eigenvalue weighted by Crippen LogP contribution is -2.49. The molecule has 1 saturated heterocycles. The number of anilines is 1. The molecule has 0 unspecified atom stereocenters. The summed E-state index contributed by atoms with van der Waals surface area (Å²) in [5.74, 6) is 0.956. The Kier molecular flexibility index (Phi) is 5.28. The van der Waals surface area contributed by atoms with Gasteiger partial charge in [-0.05, 0) is 56.7 Å². The number of aryl methyl sites for hydroxylation is 3. The minimum absolute atomic E-state index is 0.151. The van der Waals surface area contributed by atoms with E-state index in [4.69, 9.17) is 15.1 Å². The number of piperazine rings is 1. The Morgan fingerprint density at radius 3 is 2.42 bits per heavy atom. The molecule has 4 aromatic rings. The van der Waals surface area contributed by atoms with Crippen molar-refractivity contribution >= 4 is 22.8 Å². The second-order valence-corrected chi connectivity index (χ2v) is 8.42. The van der Waals surface area contributed by atoms with E-state index in [9.17, 15) is 9.18 Å². The first kappa shape index (κ1) is 21.1. The van der Waals surface area contributed by atoms with Crippen LogP contribution in [0.2, 0.25) is 0 Å². The van der Waals surface area contributed by atoms with Gasteiger partial charge in [-0.15, -0.1) is 0 Å². The number of hydrogen-bond donors (Lipinski definition) is 0. The van der Waals surface area contributed by atoms with E-state index in [0.29, 0.717) is 37.6 Å². The standard InChI is InChI=1S/C25H25FN6O/c1-16-6-4-9-21(14-16)32-24-22(17(2)29-32)23(27-18(3)28-24)30-10-12-31(13-11-30)25(33)19-7-5-8-20(26)15-19/h4-9,14-15H,10-13H2,1-3H3. The maximum atomic E-state index is 13.5. The van der Waals surface area contributed by atoms with Crippen LogP contribution in [0.5, 0.6) is 0 Å². The van der Waals surface area contributed by atoms with Gasteiger partial charge in [0.2, 0.25) is 0 Å². The number of nitrogens with zero attached hydrogens (tertiary/aromatic N) is 6. The lowest BCUT2D eigenvalue weighted by Gasteiger charge is -2.35. The second kappa shape index (κ2) is 8.27. The molecule has 1 aliphatic rings. The zero-order chi connectivity index (χ0) is 23.1. The third kappa shape index (κ3) is 3.92. The second-order valence-electron chi connectivity index (χ2n) is 8.42. The first-order chi connectivity index (χ1) is 15.9. The van der Waals surface area contributed by atoms with Gasteiger partial charge in [-0.25, -0.2) is 19.0 Å². The van der Waals surface area contributed by atoms with Gasteiger partial charge in [0.15, 0.2) is 5.65 Å². The number of benzene rings is 2. The van der Waals surface area contributed by atoms with Crippen LogP contribution in [0.1, 0.15) is 27.4 Å². The molecule has 0 N–H and O–H groups in total. The molecule has 33 heavy (non-hydrogen) atoms. The third-order valence-corrected chi connectivity index (χ3v) is 5.98. The van der Waals surface area contributed by atoms with Crippen LogP contribution in [-0.4, -0.2) is 56.7 Å². The van der Waals surface area contributed by atoms with Crippen LogP contribution < -0.4 is 4.90 Å². The zero-order valence-electron chi connectivity index (χ0n) is 18.9. The van der Waals surface area contributed by atoms with Crippen molar-refractivity contribution in [3.63, 3.8) is 0 Å². The summed E-state index contributed by atoms with van der Waals surface area (Å²) in [6.45, 7) is 8.23. The van der Waals surface area contributed by atoms with E-state index in [1.54, 1.807) is 17.0 Å². The van der Waals surface area contributed by atoms with Crippen molar-refractivity contribution < 1.29 is 9.18 Å². The molecule has 0 radical (unpaired) electrons. The Bertz CT molecular complexity index is 1360. The van der Waals surface area contributed by atoms with Crippen molar-refractivity contribution in [3.8, 4) is 5.69 Å². The van der Waals surface area contributed by atoms with Crippen LogP contribution in [0.3, 0.4) is 0 Å². The Hall–Kier alpha value is -3.81. The minimum atomic E-state index is -0.403. The van der Waals surface area contributed by atoms with E-state index in [-0.39, 0.29) is 5.91 Å². The van der Waals surface area contributed by atoms with Gasteiger partial charge >= 0.3 is 0 Å². The highest BCUT2D eigenvalue weighted by Gasteiger charge is 2.26. The molecule has 7 nitrogen and oxygen atoms in total. The quantitative estimate of drug-likeness (QED) is 0.480. The first-order valence-electron chi connectivity index (χ1n) is 11.0. The van der Waals surface area contributed by atoms with Crippen LogP contribution in [0.4, 0.5) is 10.2 Å². The maximum Gasteiger partial charge on any atom is 0.254 e. The number of fused-ring (bicyclic) bond motifs is 1. The van der Waals surface area contributed by atoms with Crippen molar-refractivity contribution in [2.24, 2.45) is 0 Å². The van der Waals surface area contributed by atoms with E-state index in [1.807, 2.05) is 30.7 Å². The molecule has 3 heterocycles. The summed E-state index contributed by atoms with van der Waals surface area (Å²) in [6.07, 6.45) is 0. The van der Waals surface area contributed by atoms with E-state index in [0.717, 1.165) is 33.8 Å². The number of rotatable bonds is 3. The predicted octanol–water partition coefficient (Wildman–Crippen LogP) is 3.84. The van der Waals surface area contributed by atoms with Gasteiger partial charge in [-0.1, -0.05) is 18.2 Å². The fourth-order valence-corrected chi connectivity index (χ4v) is 4.36. The lowest BCUT2D eigenvalue weighted by atomic mass is 10.1. The highest BCUT2D eigenvalue weighted by atomic mass is 19.1. The van der Waals surface area contributed by atoms with Crippen LogP contribution in [-0.2, 0) is 0 Å². The molecule has 0 atom stereocenters. The number of halogens is 1. The van der Waals surface area contributed by atoms with E-state index in [1.165, 1.54) is 12.1 Å². The van der Waals surface area contributed by atoms with Crippen molar-refractivity contribution in [2.75, 3.05) is 31.1 Å². The van der Waals surface area contributed by atoms with Gasteiger partial charge in [0.1, 0.15) is 17.5 Å². The largest absolute Gasteiger partial charge is 0.352 e. The molecule has 1 fully saturated rings. The van der Waals surface area contributed by atoms with Crippen molar-refractivity contribution in [3.05, 3.63) is 77.0 Å². The molecule has 1 amide bonds. The molecule has 0 aliphatic carbocycles. The van der Waals surface area contributed by atoms with Crippen LogP contribution >= 0.6 is 0 Å². The summed E-state index contributed by atoms with van der Waals surface area (Å²) >= 11 is 0. The summed E-state index contributed by atoms with van der Waals surface area (Å²) in [6, 6.07) is 14.0. The van der Waals surface area contributed by atoms with E-state index in [2.05, 4.69) is 24.0 Å².